The van der Waals surface area contributed by atoms with Gasteiger partial charge in [0.15, 0.2) is 11.6 Å². The predicted octanol–water partition coefficient (Wildman–Crippen LogP) is 3.37. The number of fused-ring (bicyclic) bond motifs is 1. The van der Waals surface area contributed by atoms with Gasteiger partial charge in [-0.3, -0.25) is 0 Å². The number of rotatable bonds is 2. The third-order valence-corrected chi connectivity index (χ3v) is 2.91. The van der Waals surface area contributed by atoms with Gasteiger partial charge in [0.05, 0.1) is 11.2 Å². The number of halogens is 3. The second-order valence-electron chi connectivity index (χ2n) is 4.37. The summed E-state index contributed by atoms with van der Waals surface area (Å²) in [6.07, 6.45) is 1.25. The molecular weight excluding hydrogens is 281 g/mol. The van der Waals surface area contributed by atoms with E-state index in [1.54, 1.807) is 18.2 Å². The first-order valence-electron chi connectivity index (χ1n) is 5.96. The van der Waals surface area contributed by atoms with Gasteiger partial charge in [0.2, 0.25) is 0 Å². The Kier molecular flexibility index (Phi) is 3.09. The van der Waals surface area contributed by atoms with Crippen LogP contribution in [0.25, 0.3) is 10.9 Å². The number of nitrogens with two attached hydrogens (primary N) is 1. The second kappa shape index (κ2) is 4.93. The van der Waals surface area contributed by atoms with Crippen LogP contribution in [0.3, 0.4) is 0 Å². The fraction of sp³-hybridized carbons (Fsp3) is 0. The molecule has 0 amide bonds. The molecule has 0 saturated carbocycles. The summed E-state index contributed by atoms with van der Waals surface area (Å²) in [5.41, 5.74) is 6.35. The lowest BCUT2D eigenvalue weighted by molar-refractivity contribution is 0.498. The molecule has 2 aromatic carbocycles. The van der Waals surface area contributed by atoms with Crippen molar-refractivity contribution < 1.29 is 13.2 Å². The summed E-state index contributed by atoms with van der Waals surface area (Å²) in [7, 11) is 0. The largest absolute Gasteiger partial charge is 0.399 e. The summed E-state index contributed by atoms with van der Waals surface area (Å²) in [6, 6.07) is 6.20. The van der Waals surface area contributed by atoms with Crippen LogP contribution >= 0.6 is 0 Å². The number of nitrogens with zero attached hydrogens (tertiary/aromatic N) is 2. The van der Waals surface area contributed by atoms with Crippen molar-refractivity contribution in [3.05, 3.63) is 54.1 Å². The SMILES string of the molecule is Nc1ccc2c(Nc3cc(F)cc(F)c3F)ncnc2c1. The van der Waals surface area contributed by atoms with Crippen LogP contribution in [0.1, 0.15) is 0 Å². The standard InChI is InChI=1S/C14H9F3N4/c15-7-3-10(16)13(17)12(4-7)21-14-9-2-1-8(18)5-11(9)19-6-20-14/h1-6H,18H2,(H,19,20,21). The molecule has 0 aliphatic carbocycles. The minimum absolute atomic E-state index is 0.226. The van der Waals surface area contributed by atoms with Gasteiger partial charge in [-0.2, -0.15) is 0 Å². The van der Waals surface area contributed by atoms with Crippen LogP contribution in [-0.2, 0) is 0 Å². The highest BCUT2D eigenvalue weighted by molar-refractivity contribution is 5.92. The average Bonchev–Trinajstić information content (AvgIpc) is 2.44. The first-order chi connectivity index (χ1) is 10.0. The molecule has 1 aromatic heterocycles. The van der Waals surface area contributed by atoms with Crippen molar-refractivity contribution in [2.75, 3.05) is 11.1 Å². The molecule has 3 aromatic rings. The Balaban J connectivity index is 2.10. The first kappa shape index (κ1) is 13.2. The number of anilines is 3. The lowest BCUT2D eigenvalue weighted by Crippen LogP contribution is -2.01. The molecule has 0 saturated heterocycles. The van der Waals surface area contributed by atoms with E-state index in [-0.39, 0.29) is 11.5 Å². The van der Waals surface area contributed by atoms with E-state index < -0.39 is 17.5 Å². The van der Waals surface area contributed by atoms with Crippen LogP contribution < -0.4 is 11.1 Å². The van der Waals surface area contributed by atoms with Gasteiger partial charge in [-0.1, -0.05) is 0 Å². The first-order valence-corrected chi connectivity index (χ1v) is 5.96. The average molecular weight is 290 g/mol. The summed E-state index contributed by atoms with van der Waals surface area (Å²) in [5.74, 6) is -3.12. The summed E-state index contributed by atoms with van der Waals surface area (Å²) < 4.78 is 40.1. The number of nitrogen functional groups attached to an aromatic ring is 1. The van der Waals surface area contributed by atoms with E-state index in [1.807, 2.05) is 0 Å². The van der Waals surface area contributed by atoms with E-state index >= 15 is 0 Å². The highest BCUT2D eigenvalue weighted by Gasteiger charge is 2.13. The molecule has 0 atom stereocenters. The molecule has 3 N–H and O–H groups in total. The fourth-order valence-corrected chi connectivity index (χ4v) is 1.95. The van der Waals surface area contributed by atoms with Crippen molar-refractivity contribution in [2.45, 2.75) is 0 Å². The van der Waals surface area contributed by atoms with Crippen LogP contribution in [0.15, 0.2) is 36.7 Å². The molecule has 0 spiro atoms. The number of hydrogen-bond acceptors (Lipinski definition) is 4. The van der Waals surface area contributed by atoms with Gasteiger partial charge in [-0.05, 0) is 18.2 Å². The van der Waals surface area contributed by atoms with Gasteiger partial charge < -0.3 is 11.1 Å². The van der Waals surface area contributed by atoms with E-state index in [9.17, 15) is 13.2 Å². The fourth-order valence-electron chi connectivity index (χ4n) is 1.95. The van der Waals surface area contributed by atoms with Crippen molar-refractivity contribution >= 4 is 28.1 Å². The van der Waals surface area contributed by atoms with Crippen LogP contribution in [0, 0.1) is 17.5 Å². The monoisotopic (exact) mass is 290 g/mol. The van der Waals surface area contributed by atoms with E-state index in [0.29, 0.717) is 22.7 Å². The number of nitrogens with one attached hydrogen (secondary N) is 1. The molecule has 0 radical (unpaired) electrons. The summed E-state index contributed by atoms with van der Waals surface area (Å²) in [5, 5.41) is 3.12. The third kappa shape index (κ3) is 2.45. The third-order valence-electron chi connectivity index (χ3n) is 2.91. The summed E-state index contributed by atoms with van der Waals surface area (Å²) in [4.78, 5) is 7.99. The van der Waals surface area contributed by atoms with Crippen molar-refractivity contribution in [1.82, 2.24) is 9.97 Å². The van der Waals surface area contributed by atoms with E-state index in [4.69, 9.17) is 5.73 Å². The zero-order chi connectivity index (χ0) is 15.0. The van der Waals surface area contributed by atoms with Gasteiger partial charge in [0, 0.05) is 23.2 Å². The van der Waals surface area contributed by atoms with Crippen LogP contribution in [0.4, 0.5) is 30.4 Å². The predicted molar refractivity (Wildman–Crippen MR) is 73.5 cm³/mol. The Morgan fingerprint density at radius 1 is 1.00 bits per heavy atom. The molecule has 0 bridgehead atoms. The molecule has 0 unspecified atom stereocenters. The quantitative estimate of drug-likeness (QED) is 0.561. The zero-order valence-corrected chi connectivity index (χ0v) is 10.6. The van der Waals surface area contributed by atoms with Crippen molar-refractivity contribution in [3.8, 4) is 0 Å². The molecule has 0 aliphatic heterocycles. The van der Waals surface area contributed by atoms with Gasteiger partial charge in [0.1, 0.15) is 18.0 Å². The van der Waals surface area contributed by atoms with Crippen molar-refractivity contribution in [2.24, 2.45) is 0 Å². The number of hydrogen-bond donors (Lipinski definition) is 2. The molecule has 4 nitrogen and oxygen atoms in total. The van der Waals surface area contributed by atoms with Gasteiger partial charge in [0.25, 0.3) is 0 Å². The molecule has 1 heterocycles. The highest BCUT2D eigenvalue weighted by Crippen LogP contribution is 2.27. The Labute approximate surface area is 117 Å². The summed E-state index contributed by atoms with van der Waals surface area (Å²) >= 11 is 0. The van der Waals surface area contributed by atoms with E-state index in [0.717, 1.165) is 6.07 Å². The minimum Gasteiger partial charge on any atom is -0.399 e. The zero-order valence-electron chi connectivity index (χ0n) is 10.6. The van der Waals surface area contributed by atoms with Gasteiger partial charge >= 0.3 is 0 Å². The summed E-state index contributed by atoms with van der Waals surface area (Å²) in [6.45, 7) is 0. The molecule has 106 valence electrons. The maximum atomic E-state index is 13.7. The van der Waals surface area contributed by atoms with Crippen LogP contribution in [0.2, 0.25) is 0 Å². The maximum absolute atomic E-state index is 13.7. The second-order valence-corrected chi connectivity index (χ2v) is 4.37. The molecule has 21 heavy (non-hydrogen) atoms. The lowest BCUT2D eigenvalue weighted by Gasteiger charge is -2.10. The normalized spacial score (nSPS) is 10.8. The van der Waals surface area contributed by atoms with Crippen LogP contribution in [0.5, 0.6) is 0 Å². The van der Waals surface area contributed by atoms with Crippen molar-refractivity contribution in [1.29, 1.82) is 0 Å². The van der Waals surface area contributed by atoms with E-state index in [2.05, 4.69) is 15.3 Å². The molecular formula is C14H9F3N4. The van der Waals surface area contributed by atoms with Gasteiger partial charge in [-0.25, -0.2) is 23.1 Å². The topological polar surface area (TPSA) is 63.8 Å². The minimum atomic E-state index is -1.28. The number of benzene rings is 2. The maximum Gasteiger partial charge on any atom is 0.182 e. The number of aromatic nitrogens is 2. The Hall–Kier alpha value is -2.83. The van der Waals surface area contributed by atoms with Gasteiger partial charge in [-0.15, -0.1) is 0 Å². The molecule has 0 fully saturated rings. The Morgan fingerprint density at radius 3 is 2.62 bits per heavy atom. The molecule has 0 aliphatic rings. The molecule has 3 rings (SSSR count). The molecule has 7 heteroatoms. The van der Waals surface area contributed by atoms with Crippen molar-refractivity contribution in [3.63, 3.8) is 0 Å². The Bertz CT molecular complexity index is 836. The lowest BCUT2D eigenvalue weighted by atomic mass is 10.2. The smallest absolute Gasteiger partial charge is 0.182 e. The Morgan fingerprint density at radius 2 is 1.81 bits per heavy atom. The highest BCUT2D eigenvalue weighted by atomic mass is 19.2. The van der Waals surface area contributed by atoms with E-state index in [1.165, 1.54) is 6.33 Å². The van der Waals surface area contributed by atoms with Crippen LogP contribution in [-0.4, -0.2) is 9.97 Å².